The molecule has 0 bridgehead atoms. The van der Waals surface area contributed by atoms with Crippen LogP contribution in [0.2, 0.25) is 0 Å². The Morgan fingerprint density at radius 3 is 2.50 bits per heavy atom. The third-order valence-electron chi connectivity index (χ3n) is 3.33. The van der Waals surface area contributed by atoms with Crippen molar-refractivity contribution >= 4 is 10.8 Å². The van der Waals surface area contributed by atoms with Crippen molar-refractivity contribution in [2.75, 3.05) is 0 Å². The third-order valence-corrected chi connectivity index (χ3v) is 3.33. The van der Waals surface area contributed by atoms with Gasteiger partial charge in [0.25, 0.3) is 0 Å². The molecule has 2 nitrogen and oxygen atoms in total. The molecule has 1 aromatic heterocycles. The van der Waals surface area contributed by atoms with Crippen molar-refractivity contribution in [3.63, 3.8) is 0 Å². The van der Waals surface area contributed by atoms with Crippen molar-refractivity contribution in [2.24, 2.45) is 0 Å². The second-order valence-corrected chi connectivity index (χ2v) is 4.79. The summed E-state index contributed by atoms with van der Waals surface area (Å²) in [5.74, 6) is 0.877. The van der Waals surface area contributed by atoms with Crippen LogP contribution >= 0.6 is 0 Å². The van der Waals surface area contributed by atoms with Crippen LogP contribution in [0.1, 0.15) is 43.6 Å². The van der Waals surface area contributed by atoms with Crippen LogP contribution in [0.3, 0.4) is 0 Å². The van der Waals surface area contributed by atoms with Gasteiger partial charge in [0.1, 0.15) is 5.76 Å². The molecule has 0 saturated heterocycles. The maximum Gasteiger partial charge on any atom is 0.344 e. The fourth-order valence-corrected chi connectivity index (χ4v) is 2.52. The monoisotopic (exact) mass is 244 g/mol. The zero-order valence-electron chi connectivity index (χ0n) is 11.4. The molecule has 0 saturated carbocycles. The van der Waals surface area contributed by atoms with Crippen LogP contribution in [0, 0.1) is 6.92 Å². The minimum Gasteiger partial charge on any atom is -0.427 e. The summed E-state index contributed by atoms with van der Waals surface area (Å²) in [4.78, 5) is 12.1. The zero-order valence-corrected chi connectivity index (χ0v) is 11.4. The summed E-state index contributed by atoms with van der Waals surface area (Å²) in [5.41, 5.74) is 2.03. The third kappa shape index (κ3) is 2.20. The lowest BCUT2D eigenvalue weighted by Gasteiger charge is -2.11. The van der Waals surface area contributed by atoms with E-state index in [1.807, 2.05) is 25.1 Å². The molecule has 2 rings (SSSR count). The summed E-state index contributed by atoms with van der Waals surface area (Å²) >= 11 is 0. The lowest BCUT2D eigenvalue weighted by Crippen LogP contribution is -2.08. The van der Waals surface area contributed by atoms with Gasteiger partial charge < -0.3 is 4.42 Å². The van der Waals surface area contributed by atoms with Crippen LogP contribution in [0.4, 0.5) is 0 Å². The highest BCUT2D eigenvalue weighted by atomic mass is 16.4. The first-order valence-electron chi connectivity index (χ1n) is 6.73. The summed E-state index contributed by atoms with van der Waals surface area (Å²) < 4.78 is 5.54. The molecule has 0 amide bonds. The molecule has 0 spiro atoms. The molecule has 96 valence electrons. The van der Waals surface area contributed by atoms with Crippen LogP contribution in [-0.4, -0.2) is 0 Å². The Morgan fingerprint density at radius 1 is 1.11 bits per heavy atom. The van der Waals surface area contributed by atoms with Gasteiger partial charge in [0.2, 0.25) is 0 Å². The van der Waals surface area contributed by atoms with E-state index < -0.39 is 0 Å². The topological polar surface area (TPSA) is 30.2 Å². The normalized spacial score (nSPS) is 11.1. The van der Waals surface area contributed by atoms with E-state index in [0.29, 0.717) is 0 Å². The van der Waals surface area contributed by atoms with E-state index in [1.165, 1.54) is 5.56 Å². The molecule has 1 heterocycles. The smallest absolute Gasteiger partial charge is 0.344 e. The van der Waals surface area contributed by atoms with Gasteiger partial charge in [-0.05, 0) is 36.3 Å². The molecule has 0 atom stereocenters. The van der Waals surface area contributed by atoms with Gasteiger partial charge in [-0.15, -0.1) is 0 Å². The Balaban J connectivity index is 2.80. The number of benzene rings is 1. The minimum atomic E-state index is -0.189. The van der Waals surface area contributed by atoms with Crippen molar-refractivity contribution in [3.8, 4) is 0 Å². The van der Waals surface area contributed by atoms with E-state index in [2.05, 4.69) is 13.8 Å². The molecule has 0 radical (unpaired) electrons. The van der Waals surface area contributed by atoms with Crippen LogP contribution in [0.5, 0.6) is 0 Å². The van der Waals surface area contributed by atoms with Crippen molar-refractivity contribution in [2.45, 2.75) is 46.5 Å². The first-order chi connectivity index (χ1) is 8.69. The fraction of sp³-hybridized carbons (Fsp3) is 0.438. The van der Waals surface area contributed by atoms with Gasteiger partial charge in [0, 0.05) is 6.42 Å². The molecule has 0 N–H and O–H groups in total. The molecule has 0 aliphatic heterocycles. The largest absolute Gasteiger partial charge is 0.427 e. The molecule has 0 aliphatic rings. The molecule has 0 fully saturated rings. The highest BCUT2D eigenvalue weighted by Crippen LogP contribution is 2.24. The van der Waals surface area contributed by atoms with Crippen LogP contribution in [-0.2, 0) is 12.8 Å². The average molecular weight is 244 g/mol. The molecule has 18 heavy (non-hydrogen) atoms. The molecule has 0 unspecified atom stereocenters. The van der Waals surface area contributed by atoms with Gasteiger partial charge in [-0.25, -0.2) is 4.79 Å². The van der Waals surface area contributed by atoms with Crippen molar-refractivity contribution in [3.05, 3.63) is 45.5 Å². The zero-order chi connectivity index (χ0) is 13.1. The van der Waals surface area contributed by atoms with Gasteiger partial charge in [0.15, 0.2) is 0 Å². The Labute approximate surface area is 108 Å². The van der Waals surface area contributed by atoms with Crippen LogP contribution in [0.25, 0.3) is 10.8 Å². The second kappa shape index (κ2) is 5.38. The number of hydrogen-bond donors (Lipinski definition) is 0. The van der Waals surface area contributed by atoms with E-state index in [0.717, 1.165) is 47.8 Å². The Bertz CT molecular complexity index is 608. The first kappa shape index (κ1) is 12.9. The molecule has 2 heteroatoms. The number of aryl methyl sites for hydroxylation is 3. The maximum atomic E-state index is 12.1. The van der Waals surface area contributed by atoms with Crippen molar-refractivity contribution < 1.29 is 4.42 Å². The molecular weight excluding hydrogens is 224 g/mol. The van der Waals surface area contributed by atoms with Crippen molar-refractivity contribution in [1.82, 2.24) is 0 Å². The lowest BCUT2D eigenvalue weighted by atomic mass is 9.97. The predicted molar refractivity (Wildman–Crippen MR) is 75.2 cm³/mol. The van der Waals surface area contributed by atoms with Crippen LogP contribution < -0.4 is 5.63 Å². The first-order valence-corrected chi connectivity index (χ1v) is 6.73. The standard InChI is InChI=1S/C16H20O2/c1-4-7-12-13-10-6-9-11(3)15(13)16(17)18-14(12)8-5-2/h6,9-10H,4-5,7-8H2,1-3H3. The Kier molecular flexibility index (Phi) is 3.85. The number of hydrogen-bond acceptors (Lipinski definition) is 2. The summed E-state index contributed by atoms with van der Waals surface area (Å²) in [6, 6.07) is 6.03. The van der Waals surface area contributed by atoms with E-state index in [4.69, 9.17) is 4.42 Å². The van der Waals surface area contributed by atoms with Gasteiger partial charge >= 0.3 is 5.63 Å². The summed E-state index contributed by atoms with van der Waals surface area (Å²) in [6.07, 6.45) is 3.87. The van der Waals surface area contributed by atoms with Gasteiger partial charge in [-0.1, -0.05) is 38.5 Å². The molecule has 1 aromatic carbocycles. The fourth-order valence-electron chi connectivity index (χ4n) is 2.52. The molecular formula is C16H20O2. The van der Waals surface area contributed by atoms with Crippen molar-refractivity contribution in [1.29, 1.82) is 0 Å². The summed E-state index contributed by atoms with van der Waals surface area (Å²) in [6.45, 7) is 6.23. The Morgan fingerprint density at radius 2 is 1.83 bits per heavy atom. The Hall–Kier alpha value is -1.57. The number of fused-ring (bicyclic) bond motifs is 1. The van der Waals surface area contributed by atoms with E-state index in [1.54, 1.807) is 0 Å². The van der Waals surface area contributed by atoms with E-state index in [-0.39, 0.29) is 5.63 Å². The second-order valence-electron chi connectivity index (χ2n) is 4.79. The molecule has 2 aromatic rings. The summed E-state index contributed by atoms with van der Waals surface area (Å²) in [7, 11) is 0. The minimum absolute atomic E-state index is 0.189. The van der Waals surface area contributed by atoms with Gasteiger partial charge in [0.05, 0.1) is 5.39 Å². The highest BCUT2D eigenvalue weighted by molar-refractivity contribution is 5.87. The molecule has 0 aliphatic carbocycles. The SMILES string of the molecule is CCCc1oc(=O)c2c(C)cccc2c1CCC. The summed E-state index contributed by atoms with van der Waals surface area (Å²) in [5, 5.41) is 1.83. The van der Waals surface area contributed by atoms with E-state index in [9.17, 15) is 4.79 Å². The average Bonchev–Trinajstić information content (AvgIpc) is 2.34. The van der Waals surface area contributed by atoms with Gasteiger partial charge in [-0.2, -0.15) is 0 Å². The van der Waals surface area contributed by atoms with Crippen LogP contribution in [0.15, 0.2) is 27.4 Å². The quantitative estimate of drug-likeness (QED) is 0.813. The van der Waals surface area contributed by atoms with Gasteiger partial charge in [-0.3, -0.25) is 0 Å². The number of rotatable bonds is 4. The predicted octanol–water partition coefficient (Wildman–Crippen LogP) is 4.01. The lowest BCUT2D eigenvalue weighted by molar-refractivity contribution is 0.456. The maximum absolute atomic E-state index is 12.1. The van der Waals surface area contributed by atoms with E-state index >= 15 is 0 Å². The highest BCUT2D eigenvalue weighted by Gasteiger charge is 2.13.